The molecule has 3 heteroatoms. The molecule has 0 aromatic heterocycles. The zero-order valence-corrected chi connectivity index (χ0v) is 13.6. The Morgan fingerprint density at radius 1 is 1.00 bits per heavy atom. The van der Waals surface area contributed by atoms with Crippen LogP contribution in [0.2, 0.25) is 5.02 Å². The molecule has 0 unspecified atom stereocenters. The summed E-state index contributed by atoms with van der Waals surface area (Å²) in [4.78, 5) is 0. The van der Waals surface area contributed by atoms with Crippen LogP contribution in [0.1, 0.15) is 30.0 Å². The van der Waals surface area contributed by atoms with Gasteiger partial charge in [0, 0.05) is 10.9 Å². The van der Waals surface area contributed by atoms with Gasteiger partial charge in [-0.15, -0.1) is 0 Å². The zero-order valence-electron chi connectivity index (χ0n) is 12.9. The summed E-state index contributed by atoms with van der Waals surface area (Å²) in [7, 11) is 0. The van der Waals surface area contributed by atoms with Gasteiger partial charge in [-0.25, -0.2) is 0 Å². The van der Waals surface area contributed by atoms with E-state index in [0.717, 1.165) is 51.7 Å². The molecule has 23 heavy (non-hydrogen) atoms. The van der Waals surface area contributed by atoms with E-state index < -0.39 is 0 Å². The van der Waals surface area contributed by atoms with Crippen LogP contribution < -0.4 is 0 Å². The number of hydrogen-bond donors (Lipinski definition) is 2. The lowest BCUT2D eigenvalue weighted by atomic mass is 9.91. The van der Waals surface area contributed by atoms with E-state index >= 15 is 0 Å². The van der Waals surface area contributed by atoms with Crippen LogP contribution in [-0.4, -0.2) is 10.2 Å². The first-order valence-corrected chi connectivity index (χ1v) is 8.26. The van der Waals surface area contributed by atoms with Crippen molar-refractivity contribution in [2.45, 2.75) is 26.2 Å². The van der Waals surface area contributed by atoms with E-state index in [2.05, 4.69) is 6.92 Å². The maximum absolute atomic E-state index is 9.90. The summed E-state index contributed by atoms with van der Waals surface area (Å²) in [5.74, 6) is 0.547. The van der Waals surface area contributed by atoms with E-state index in [1.807, 2.05) is 24.3 Å². The van der Waals surface area contributed by atoms with Crippen LogP contribution in [0.5, 0.6) is 11.5 Å². The molecule has 1 aliphatic rings. The molecule has 116 valence electrons. The average molecular weight is 325 g/mol. The molecular weight excluding hydrogens is 308 g/mol. The number of phenolic OH excluding ortho intramolecular Hbond substituents is 2. The number of aryl methyl sites for hydroxylation is 1. The number of aromatic hydroxyl groups is 2. The van der Waals surface area contributed by atoms with Crippen molar-refractivity contribution in [2.75, 3.05) is 0 Å². The van der Waals surface area contributed by atoms with Gasteiger partial charge in [0.05, 0.1) is 5.02 Å². The maximum Gasteiger partial charge on any atom is 0.116 e. The second-order valence-electron chi connectivity index (χ2n) is 6.14. The molecule has 3 aromatic carbocycles. The SMILES string of the molecule is CCCc1c2c(c(Cl)c3ccc(O)cc13)-c1ccc(O)cc1C2. The van der Waals surface area contributed by atoms with Gasteiger partial charge in [-0.05, 0) is 70.8 Å². The fourth-order valence-electron chi connectivity index (χ4n) is 3.73. The predicted molar refractivity (Wildman–Crippen MR) is 94.5 cm³/mol. The molecule has 0 aliphatic heterocycles. The molecule has 0 bridgehead atoms. The minimum absolute atomic E-state index is 0.263. The highest BCUT2D eigenvalue weighted by atomic mass is 35.5. The number of benzene rings is 3. The molecule has 0 amide bonds. The number of phenols is 2. The Hall–Kier alpha value is -2.19. The normalized spacial score (nSPS) is 12.4. The number of rotatable bonds is 2. The first-order chi connectivity index (χ1) is 11.1. The van der Waals surface area contributed by atoms with Gasteiger partial charge < -0.3 is 10.2 Å². The van der Waals surface area contributed by atoms with Gasteiger partial charge in [-0.3, -0.25) is 0 Å². The number of halogens is 1. The minimum Gasteiger partial charge on any atom is -0.508 e. The summed E-state index contributed by atoms with van der Waals surface area (Å²) in [5, 5.41) is 22.4. The highest BCUT2D eigenvalue weighted by Crippen LogP contribution is 2.48. The van der Waals surface area contributed by atoms with Gasteiger partial charge in [0.15, 0.2) is 0 Å². The number of hydrogen-bond acceptors (Lipinski definition) is 2. The van der Waals surface area contributed by atoms with Crippen molar-refractivity contribution in [3.05, 3.63) is 58.1 Å². The zero-order chi connectivity index (χ0) is 16.1. The van der Waals surface area contributed by atoms with Crippen molar-refractivity contribution < 1.29 is 10.2 Å². The molecule has 3 aromatic rings. The number of fused-ring (bicyclic) bond motifs is 4. The van der Waals surface area contributed by atoms with Gasteiger partial charge in [0.25, 0.3) is 0 Å². The third-order valence-electron chi connectivity index (χ3n) is 4.68. The van der Waals surface area contributed by atoms with Crippen molar-refractivity contribution in [1.29, 1.82) is 0 Å². The Morgan fingerprint density at radius 3 is 2.52 bits per heavy atom. The van der Waals surface area contributed by atoms with E-state index in [9.17, 15) is 10.2 Å². The van der Waals surface area contributed by atoms with E-state index in [0.29, 0.717) is 0 Å². The van der Waals surface area contributed by atoms with Crippen LogP contribution in [0, 0.1) is 0 Å². The third kappa shape index (κ3) is 2.09. The van der Waals surface area contributed by atoms with Crippen molar-refractivity contribution in [3.8, 4) is 22.6 Å². The summed E-state index contributed by atoms with van der Waals surface area (Å²) >= 11 is 6.73. The summed E-state index contributed by atoms with van der Waals surface area (Å²) in [5.41, 5.74) is 5.79. The quantitative estimate of drug-likeness (QED) is 0.516. The van der Waals surface area contributed by atoms with Crippen LogP contribution in [-0.2, 0) is 12.8 Å². The highest BCUT2D eigenvalue weighted by molar-refractivity contribution is 6.39. The van der Waals surface area contributed by atoms with Gasteiger partial charge in [0.1, 0.15) is 11.5 Å². The smallest absolute Gasteiger partial charge is 0.116 e. The molecule has 2 nitrogen and oxygen atoms in total. The van der Waals surface area contributed by atoms with Gasteiger partial charge in [-0.1, -0.05) is 31.0 Å². The molecule has 2 N–H and O–H groups in total. The first kappa shape index (κ1) is 14.4. The topological polar surface area (TPSA) is 40.5 Å². The first-order valence-electron chi connectivity index (χ1n) is 7.88. The molecule has 0 saturated carbocycles. The molecule has 1 aliphatic carbocycles. The Kier molecular flexibility index (Phi) is 3.24. The van der Waals surface area contributed by atoms with Crippen LogP contribution in [0.15, 0.2) is 36.4 Å². The molecule has 0 heterocycles. The van der Waals surface area contributed by atoms with Gasteiger partial charge >= 0.3 is 0 Å². The van der Waals surface area contributed by atoms with Gasteiger partial charge in [0.2, 0.25) is 0 Å². The fraction of sp³-hybridized carbons (Fsp3) is 0.200. The third-order valence-corrected chi connectivity index (χ3v) is 5.07. The van der Waals surface area contributed by atoms with E-state index in [4.69, 9.17) is 11.6 Å². The second kappa shape index (κ2) is 5.17. The van der Waals surface area contributed by atoms with Crippen molar-refractivity contribution in [2.24, 2.45) is 0 Å². The lowest BCUT2D eigenvalue weighted by Gasteiger charge is -2.15. The van der Waals surface area contributed by atoms with Crippen molar-refractivity contribution in [3.63, 3.8) is 0 Å². The molecule has 0 fully saturated rings. The maximum atomic E-state index is 9.90. The van der Waals surface area contributed by atoms with Gasteiger partial charge in [-0.2, -0.15) is 0 Å². The van der Waals surface area contributed by atoms with Crippen LogP contribution in [0.3, 0.4) is 0 Å². The van der Waals surface area contributed by atoms with Crippen molar-refractivity contribution in [1.82, 2.24) is 0 Å². The Balaban J connectivity index is 2.11. The molecule has 4 rings (SSSR count). The molecule has 0 saturated heterocycles. The van der Waals surface area contributed by atoms with Crippen LogP contribution >= 0.6 is 11.6 Å². The Morgan fingerprint density at radius 2 is 1.74 bits per heavy atom. The Labute approximate surface area is 140 Å². The van der Waals surface area contributed by atoms with Crippen molar-refractivity contribution >= 4 is 22.4 Å². The molecule has 0 atom stereocenters. The molecular formula is C20H17ClO2. The van der Waals surface area contributed by atoms with E-state index in [-0.39, 0.29) is 11.5 Å². The predicted octanol–water partition coefficient (Wildman–Crippen LogP) is 5.43. The summed E-state index contributed by atoms with van der Waals surface area (Å²) < 4.78 is 0. The highest BCUT2D eigenvalue weighted by Gasteiger charge is 2.26. The van der Waals surface area contributed by atoms with E-state index in [1.165, 1.54) is 11.1 Å². The van der Waals surface area contributed by atoms with Crippen LogP contribution in [0.25, 0.3) is 21.9 Å². The lowest BCUT2D eigenvalue weighted by Crippen LogP contribution is -1.96. The van der Waals surface area contributed by atoms with E-state index in [1.54, 1.807) is 12.1 Å². The lowest BCUT2D eigenvalue weighted by molar-refractivity contribution is 0.474. The second-order valence-corrected chi connectivity index (χ2v) is 6.52. The standard InChI is InChI=1S/C20H17ClO2/c1-2-3-15-17-10-13(23)5-7-16(17)20(21)19-14-6-4-12(22)8-11(14)9-18(15)19/h4-8,10,22-23H,2-3,9H2,1H3. The molecule has 0 radical (unpaired) electrons. The summed E-state index contributed by atoms with van der Waals surface area (Å²) in [6.07, 6.45) is 2.75. The largest absolute Gasteiger partial charge is 0.508 e. The average Bonchev–Trinajstić information content (AvgIpc) is 2.89. The minimum atomic E-state index is 0.263. The van der Waals surface area contributed by atoms with Crippen LogP contribution in [0.4, 0.5) is 0 Å². The summed E-state index contributed by atoms with van der Waals surface area (Å²) in [6, 6.07) is 10.9. The molecule has 0 spiro atoms. The monoisotopic (exact) mass is 324 g/mol. The fourth-order valence-corrected chi connectivity index (χ4v) is 4.11. The Bertz CT molecular complexity index is 944. The summed E-state index contributed by atoms with van der Waals surface area (Å²) in [6.45, 7) is 2.16.